The molecule has 6 nitrogen and oxygen atoms in total. The Balaban J connectivity index is 1.68. The fourth-order valence-electron chi connectivity index (χ4n) is 3.23. The van der Waals surface area contributed by atoms with Gasteiger partial charge in [-0.25, -0.2) is 0 Å². The SMILES string of the molecule is Cc1c([C@H](C)Nc2ccc3nnc(C(C)(C)C)n3n2)oc2ccccc12. The number of furan rings is 1. The maximum Gasteiger partial charge on any atom is 0.178 e. The number of para-hydroxylation sites is 1. The van der Waals surface area contributed by atoms with Crippen molar-refractivity contribution in [3.05, 3.63) is 53.5 Å². The summed E-state index contributed by atoms with van der Waals surface area (Å²) in [7, 11) is 0. The molecule has 0 saturated heterocycles. The molecule has 0 aliphatic rings. The first-order valence-electron chi connectivity index (χ1n) is 8.82. The molecule has 3 aromatic heterocycles. The van der Waals surface area contributed by atoms with Crippen LogP contribution in [-0.2, 0) is 5.41 Å². The Labute approximate surface area is 152 Å². The molecule has 0 radical (unpaired) electrons. The van der Waals surface area contributed by atoms with Crippen molar-refractivity contribution >= 4 is 22.4 Å². The van der Waals surface area contributed by atoms with E-state index in [9.17, 15) is 0 Å². The highest BCUT2D eigenvalue weighted by molar-refractivity contribution is 5.82. The lowest BCUT2D eigenvalue weighted by Crippen LogP contribution is -2.18. The number of aromatic nitrogens is 4. The molecule has 1 atom stereocenters. The van der Waals surface area contributed by atoms with Gasteiger partial charge in [0.15, 0.2) is 11.5 Å². The van der Waals surface area contributed by atoms with Gasteiger partial charge in [-0.3, -0.25) is 0 Å². The minimum atomic E-state index is -0.133. The van der Waals surface area contributed by atoms with E-state index in [1.54, 1.807) is 4.52 Å². The van der Waals surface area contributed by atoms with Crippen LogP contribution in [0, 0.1) is 6.92 Å². The number of rotatable bonds is 3. The smallest absolute Gasteiger partial charge is 0.178 e. The lowest BCUT2D eigenvalue weighted by Gasteiger charge is -2.16. The van der Waals surface area contributed by atoms with Crippen molar-refractivity contribution in [2.45, 2.75) is 46.1 Å². The number of hydrogen-bond acceptors (Lipinski definition) is 5. The molecule has 0 unspecified atom stereocenters. The molecule has 0 aliphatic carbocycles. The summed E-state index contributed by atoms with van der Waals surface area (Å²) >= 11 is 0. The van der Waals surface area contributed by atoms with Crippen LogP contribution in [0.2, 0.25) is 0 Å². The Morgan fingerprint density at radius 2 is 1.85 bits per heavy atom. The van der Waals surface area contributed by atoms with Crippen LogP contribution in [0.15, 0.2) is 40.8 Å². The van der Waals surface area contributed by atoms with E-state index in [4.69, 9.17) is 4.42 Å². The van der Waals surface area contributed by atoms with Gasteiger partial charge in [0.2, 0.25) is 0 Å². The van der Waals surface area contributed by atoms with E-state index in [-0.39, 0.29) is 11.5 Å². The topological polar surface area (TPSA) is 68.2 Å². The molecule has 0 bridgehead atoms. The molecule has 3 heterocycles. The predicted octanol–water partition coefficient (Wildman–Crippen LogP) is 4.65. The maximum absolute atomic E-state index is 6.06. The molecule has 6 heteroatoms. The van der Waals surface area contributed by atoms with Crippen LogP contribution in [-0.4, -0.2) is 19.8 Å². The number of hydrogen-bond donors (Lipinski definition) is 1. The van der Waals surface area contributed by atoms with Crippen LogP contribution in [0.25, 0.3) is 16.6 Å². The number of nitrogens with one attached hydrogen (secondary N) is 1. The summed E-state index contributed by atoms with van der Waals surface area (Å²) in [4.78, 5) is 0. The number of nitrogens with zero attached hydrogens (tertiary/aromatic N) is 4. The highest BCUT2D eigenvalue weighted by Crippen LogP contribution is 2.30. The van der Waals surface area contributed by atoms with Crippen LogP contribution >= 0.6 is 0 Å². The molecule has 1 aromatic carbocycles. The monoisotopic (exact) mass is 349 g/mol. The summed E-state index contributed by atoms with van der Waals surface area (Å²) in [5, 5.41) is 17.8. The van der Waals surface area contributed by atoms with E-state index in [0.717, 1.165) is 39.6 Å². The van der Waals surface area contributed by atoms with E-state index in [1.165, 1.54) is 0 Å². The Kier molecular flexibility index (Phi) is 3.72. The van der Waals surface area contributed by atoms with Gasteiger partial charge in [0.1, 0.15) is 17.2 Å². The van der Waals surface area contributed by atoms with Crippen molar-refractivity contribution in [1.82, 2.24) is 19.8 Å². The summed E-state index contributed by atoms with van der Waals surface area (Å²) in [5.41, 5.74) is 2.67. The van der Waals surface area contributed by atoms with Gasteiger partial charge < -0.3 is 9.73 Å². The molecular weight excluding hydrogens is 326 g/mol. The third-order valence-corrected chi connectivity index (χ3v) is 4.57. The number of aryl methyl sites for hydroxylation is 1. The summed E-state index contributed by atoms with van der Waals surface area (Å²) < 4.78 is 7.87. The average molecular weight is 349 g/mol. The third-order valence-electron chi connectivity index (χ3n) is 4.57. The fraction of sp³-hybridized carbons (Fsp3) is 0.350. The first kappa shape index (κ1) is 16.6. The lowest BCUT2D eigenvalue weighted by molar-refractivity contribution is 0.517. The van der Waals surface area contributed by atoms with E-state index < -0.39 is 0 Å². The zero-order valence-electron chi connectivity index (χ0n) is 15.7. The van der Waals surface area contributed by atoms with Gasteiger partial charge in [-0.05, 0) is 32.0 Å². The summed E-state index contributed by atoms with van der Waals surface area (Å²) in [6.45, 7) is 10.5. The van der Waals surface area contributed by atoms with Crippen molar-refractivity contribution in [3.63, 3.8) is 0 Å². The molecule has 0 saturated carbocycles. The van der Waals surface area contributed by atoms with Crippen molar-refractivity contribution in [2.24, 2.45) is 0 Å². The molecule has 0 amide bonds. The van der Waals surface area contributed by atoms with Gasteiger partial charge in [-0.15, -0.1) is 15.3 Å². The fourth-order valence-corrected chi connectivity index (χ4v) is 3.23. The highest BCUT2D eigenvalue weighted by Gasteiger charge is 2.22. The maximum atomic E-state index is 6.06. The van der Waals surface area contributed by atoms with Crippen molar-refractivity contribution in [1.29, 1.82) is 0 Å². The number of anilines is 1. The van der Waals surface area contributed by atoms with Crippen LogP contribution in [0.1, 0.15) is 50.9 Å². The molecule has 0 spiro atoms. The average Bonchev–Trinajstić information content (AvgIpc) is 3.16. The molecule has 26 heavy (non-hydrogen) atoms. The van der Waals surface area contributed by atoms with E-state index in [2.05, 4.69) is 61.3 Å². The van der Waals surface area contributed by atoms with Crippen LogP contribution < -0.4 is 5.32 Å². The number of benzene rings is 1. The largest absolute Gasteiger partial charge is 0.459 e. The quantitative estimate of drug-likeness (QED) is 0.583. The molecule has 0 aliphatic heterocycles. The van der Waals surface area contributed by atoms with Gasteiger partial charge in [0, 0.05) is 16.4 Å². The summed E-state index contributed by atoms with van der Waals surface area (Å²) in [6, 6.07) is 11.9. The van der Waals surface area contributed by atoms with Gasteiger partial charge in [0.05, 0.1) is 6.04 Å². The zero-order valence-corrected chi connectivity index (χ0v) is 15.7. The second kappa shape index (κ2) is 5.83. The Bertz CT molecular complexity index is 1090. The first-order valence-corrected chi connectivity index (χ1v) is 8.82. The Morgan fingerprint density at radius 3 is 2.58 bits per heavy atom. The minimum absolute atomic E-state index is 0.0121. The molecule has 4 aromatic rings. The molecule has 134 valence electrons. The predicted molar refractivity (Wildman–Crippen MR) is 102 cm³/mol. The Hall–Kier alpha value is -2.89. The molecule has 1 N–H and O–H groups in total. The number of fused-ring (bicyclic) bond motifs is 2. The van der Waals surface area contributed by atoms with Gasteiger partial charge in [-0.1, -0.05) is 39.0 Å². The lowest BCUT2D eigenvalue weighted by atomic mass is 9.96. The molecular formula is C20H23N5O. The van der Waals surface area contributed by atoms with Crippen molar-refractivity contribution < 1.29 is 4.42 Å². The third kappa shape index (κ3) is 2.71. The van der Waals surface area contributed by atoms with Gasteiger partial charge in [0.25, 0.3) is 0 Å². The van der Waals surface area contributed by atoms with Crippen molar-refractivity contribution in [2.75, 3.05) is 5.32 Å². The zero-order chi connectivity index (χ0) is 18.5. The first-order chi connectivity index (χ1) is 12.3. The normalized spacial score (nSPS) is 13.4. The van der Waals surface area contributed by atoms with Gasteiger partial charge >= 0.3 is 0 Å². The van der Waals surface area contributed by atoms with Crippen molar-refractivity contribution in [3.8, 4) is 0 Å². The standard InChI is InChI=1S/C20H23N5O/c1-12-14-8-6-7-9-15(14)26-18(12)13(2)21-16-10-11-17-22-23-19(20(3,4)5)25(17)24-16/h6-11,13H,1-5H3,(H,21,24)/t13-/m0/s1. The van der Waals surface area contributed by atoms with E-state index >= 15 is 0 Å². The Morgan fingerprint density at radius 1 is 1.08 bits per heavy atom. The minimum Gasteiger partial charge on any atom is -0.459 e. The van der Waals surface area contributed by atoms with E-state index in [1.807, 2.05) is 30.3 Å². The van der Waals surface area contributed by atoms with Crippen LogP contribution in [0.5, 0.6) is 0 Å². The molecule has 0 fully saturated rings. The van der Waals surface area contributed by atoms with E-state index in [0.29, 0.717) is 0 Å². The van der Waals surface area contributed by atoms with Crippen LogP contribution in [0.4, 0.5) is 5.82 Å². The second-order valence-electron chi connectivity index (χ2n) is 7.72. The van der Waals surface area contributed by atoms with Crippen LogP contribution in [0.3, 0.4) is 0 Å². The molecule has 4 rings (SSSR count). The second-order valence-corrected chi connectivity index (χ2v) is 7.72. The summed E-state index contributed by atoms with van der Waals surface area (Å²) in [6.07, 6.45) is 0. The van der Waals surface area contributed by atoms with Gasteiger partial charge in [-0.2, -0.15) is 4.52 Å². The highest BCUT2D eigenvalue weighted by atomic mass is 16.3. The summed E-state index contributed by atoms with van der Waals surface area (Å²) in [5.74, 6) is 2.52.